The van der Waals surface area contributed by atoms with Crippen molar-refractivity contribution in [3.8, 4) is 11.1 Å². The molecular weight excluding hydrogens is 639 g/mol. The van der Waals surface area contributed by atoms with Crippen LogP contribution in [0.3, 0.4) is 0 Å². The number of carbonyl (C=O) groups excluding carboxylic acids is 4. The van der Waals surface area contributed by atoms with Crippen LogP contribution in [-0.2, 0) is 44.4 Å². The zero-order valence-corrected chi connectivity index (χ0v) is 29.8. The molecule has 0 bridgehead atoms. The van der Waals surface area contributed by atoms with Crippen LogP contribution in [0.2, 0.25) is 0 Å². The highest BCUT2D eigenvalue weighted by molar-refractivity contribution is 7.53. The number of hydrogen-bond donors (Lipinski definition) is 4. The van der Waals surface area contributed by atoms with E-state index in [9.17, 15) is 33.5 Å². The molecule has 2 aromatic carbocycles. The molecule has 2 aromatic rings. The van der Waals surface area contributed by atoms with Crippen LogP contribution < -0.4 is 10.6 Å². The van der Waals surface area contributed by atoms with Gasteiger partial charge < -0.3 is 29.3 Å². The van der Waals surface area contributed by atoms with E-state index in [0.717, 1.165) is 11.1 Å². The number of ether oxygens (including phenoxy) is 3. The standard InChI is InChI=1S/C35H51N2O10P/c1-8-29(38)46-32(23(4)5)35(48(42,43)44,33(24(6)7)47-30(39)9-2)37-28(34(41)36-21-20-31(40)45-10-3)22-25-16-18-27(19-17-25)26-14-12-11-13-15-26/h11-19,23-24,28,32-33,37H,8-10,20-22H2,1-7H3,(H,36,41)(H2,42,43,44). The van der Waals surface area contributed by atoms with Crippen molar-refractivity contribution in [2.24, 2.45) is 11.8 Å². The number of rotatable bonds is 19. The van der Waals surface area contributed by atoms with E-state index in [2.05, 4.69) is 10.6 Å². The number of amides is 1. The molecule has 0 fully saturated rings. The monoisotopic (exact) mass is 690 g/mol. The van der Waals surface area contributed by atoms with Gasteiger partial charge in [-0.05, 0) is 41.9 Å². The summed E-state index contributed by atoms with van der Waals surface area (Å²) < 4.78 is 30.4. The van der Waals surface area contributed by atoms with E-state index in [-0.39, 0.29) is 38.8 Å². The predicted molar refractivity (Wildman–Crippen MR) is 182 cm³/mol. The Hall–Kier alpha value is -3.57. The first-order chi connectivity index (χ1) is 22.6. The quantitative estimate of drug-likeness (QED) is 0.0909. The van der Waals surface area contributed by atoms with Gasteiger partial charge in [0.1, 0.15) is 12.2 Å². The van der Waals surface area contributed by atoms with Crippen LogP contribution in [0.5, 0.6) is 0 Å². The van der Waals surface area contributed by atoms with Crippen LogP contribution in [0.25, 0.3) is 11.1 Å². The molecule has 0 spiro atoms. The van der Waals surface area contributed by atoms with Crippen LogP contribution in [0, 0.1) is 11.8 Å². The lowest BCUT2D eigenvalue weighted by atomic mass is 9.87. The van der Waals surface area contributed by atoms with Crippen LogP contribution in [0.15, 0.2) is 54.6 Å². The molecule has 0 aliphatic carbocycles. The van der Waals surface area contributed by atoms with Gasteiger partial charge in [0.2, 0.25) is 5.91 Å². The summed E-state index contributed by atoms with van der Waals surface area (Å²) in [6.07, 6.45) is -3.47. The first kappa shape index (κ1) is 40.6. The molecule has 266 valence electrons. The van der Waals surface area contributed by atoms with Gasteiger partial charge in [-0.2, -0.15) is 0 Å². The van der Waals surface area contributed by atoms with Gasteiger partial charge in [-0.15, -0.1) is 0 Å². The van der Waals surface area contributed by atoms with Crippen molar-refractivity contribution in [1.82, 2.24) is 10.6 Å². The number of benzene rings is 2. The molecule has 3 unspecified atom stereocenters. The van der Waals surface area contributed by atoms with Crippen LogP contribution in [-0.4, -0.2) is 70.3 Å². The second kappa shape index (κ2) is 18.8. The molecule has 2 rings (SSSR count). The molecule has 12 nitrogen and oxygen atoms in total. The second-order valence-electron chi connectivity index (χ2n) is 12.2. The molecule has 0 aliphatic heterocycles. The van der Waals surface area contributed by atoms with Gasteiger partial charge in [-0.25, -0.2) is 0 Å². The molecule has 48 heavy (non-hydrogen) atoms. The SMILES string of the molecule is CCOC(=O)CCNC(=O)C(Cc1ccc(-c2ccccc2)cc1)NC(C(OC(=O)CC)C(C)C)(C(OC(=O)CC)C(C)C)P(=O)(O)O. The highest BCUT2D eigenvalue weighted by Gasteiger charge is 2.64. The van der Waals surface area contributed by atoms with Gasteiger partial charge in [-0.1, -0.05) is 96.1 Å². The van der Waals surface area contributed by atoms with Crippen molar-refractivity contribution >= 4 is 31.4 Å². The lowest BCUT2D eigenvalue weighted by molar-refractivity contribution is -0.169. The van der Waals surface area contributed by atoms with Gasteiger partial charge in [0.05, 0.1) is 19.1 Å². The summed E-state index contributed by atoms with van der Waals surface area (Å²) in [5.74, 6) is -4.09. The van der Waals surface area contributed by atoms with Crippen molar-refractivity contribution in [2.75, 3.05) is 13.2 Å². The first-order valence-electron chi connectivity index (χ1n) is 16.4. The summed E-state index contributed by atoms with van der Waals surface area (Å²) >= 11 is 0. The van der Waals surface area contributed by atoms with Gasteiger partial charge in [0.25, 0.3) is 0 Å². The highest BCUT2D eigenvalue weighted by atomic mass is 31.2. The summed E-state index contributed by atoms with van der Waals surface area (Å²) in [5, 5.41) is 3.06. The van der Waals surface area contributed by atoms with Crippen LogP contribution in [0.1, 0.15) is 73.3 Å². The van der Waals surface area contributed by atoms with E-state index < -0.39 is 66.8 Å². The summed E-state index contributed by atoms with van der Waals surface area (Å²) in [4.78, 5) is 74.0. The molecule has 0 heterocycles. The molecule has 0 aromatic heterocycles. The van der Waals surface area contributed by atoms with Gasteiger partial charge in [0, 0.05) is 19.4 Å². The average molecular weight is 691 g/mol. The molecule has 4 N–H and O–H groups in total. The zero-order chi connectivity index (χ0) is 36.1. The number of esters is 3. The van der Waals surface area contributed by atoms with Gasteiger partial charge >= 0.3 is 25.5 Å². The smallest absolute Gasteiger partial charge is 0.353 e. The van der Waals surface area contributed by atoms with E-state index in [1.807, 2.05) is 42.5 Å². The number of carbonyl (C=O) groups is 4. The van der Waals surface area contributed by atoms with E-state index in [1.165, 1.54) is 0 Å². The molecule has 0 saturated carbocycles. The number of hydrogen-bond acceptors (Lipinski definition) is 9. The largest absolute Gasteiger partial charge is 0.466 e. The molecule has 0 radical (unpaired) electrons. The fraction of sp³-hybridized carbons (Fsp3) is 0.543. The maximum Gasteiger partial charge on any atom is 0.353 e. The fourth-order valence-corrected chi connectivity index (χ4v) is 7.18. The van der Waals surface area contributed by atoms with E-state index >= 15 is 0 Å². The van der Waals surface area contributed by atoms with Crippen LogP contribution >= 0.6 is 7.60 Å². The third-order valence-corrected chi connectivity index (χ3v) is 9.41. The summed E-state index contributed by atoms with van der Waals surface area (Å²) in [7, 11) is -5.48. The van der Waals surface area contributed by atoms with Gasteiger partial charge in [-0.3, -0.25) is 29.1 Å². The van der Waals surface area contributed by atoms with E-state index in [4.69, 9.17) is 14.2 Å². The Morgan fingerprint density at radius 3 is 1.71 bits per heavy atom. The Bertz CT molecular complexity index is 1360. The Balaban J connectivity index is 2.75. The van der Waals surface area contributed by atoms with Crippen molar-refractivity contribution in [3.05, 3.63) is 60.2 Å². The molecule has 13 heteroatoms. The average Bonchev–Trinajstić information content (AvgIpc) is 3.04. The predicted octanol–water partition coefficient (Wildman–Crippen LogP) is 4.75. The number of nitrogens with one attached hydrogen (secondary N) is 2. The summed E-state index contributed by atoms with van der Waals surface area (Å²) in [6.45, 7) is 11.3. The Labute approximate surface area is 283 Å². The summed E-state index contributed by atoms with van der Waals surface area (Å²) in [6, 6.07) is 15.6. The molecule has 0 saturated heterocycles. The minimum absolute atomic E-state index is 0.0683. The Morgan fingerprint density at radius 1 is 0.771 bits per heavy atom. The van der Waals surface area contributed by atoms with Crippen molar-refractivity contribution in [1.29, 1.82) is 0 Å². The minimum atomic E-state index is -5.48. The third-order valence-electron chi connectivity index (χ3n) is 7.81. The highest BCUT2D eigenvalue weighted by Crippen LogP contribution is 2.57. The van der Waals surface area contributed by atoms with Crippen molar-refractivity contribution in [2.45, 2.75) is 97.7 Å². The van der Waals surface area contributed by atoms with E-state index in [1.54, 1.807) is 60.6 Å². The second-order valence-corrected chi connectivity index (χ2v) is 14.0. The van der Waals surface area contributed by atoms with Crippen LogP contribution in [0.4, 0.5) is 0 Å². The molecular formula is C35H51N2O10P. The molecule has 1 amide bonds. The van der Waals surface area contributed by atoms with Crippen molar-refractivity contribution < 1.29 is 47.7 Å². The topological polar surface area (TPSA) is 178 Å². The Morgan fingerprint density at radius 2 is 1.27 bits per heavy atom. The molecule has 0 aliphatic rings. The maximum absolute atomic E-state index is 13.9. The lowest BCUT2D eigenvalue weighted by Crippen LogP contribution is -2.70. The van der Waals surface area contributed by atoms with Gasteiger partial charge in [0.15, 0.2) is 5.28 Å². The minimum Gasteiger partial charge on any atom is -0.466 e. The normalized spacial score (nSPS) is 14.8. The first-order valence-corrected chi connectivity index (χ1v) is 18.0. The van der Waals surface area contributed by atoms with E-state index in [0.29, 0.717) is 5.56 Å². The Kier molecular flexibility index (Phi) is 15.9. The lowest BCUT2D eigenvalue weighted by Gasteiger charge is -2.49. The summed E-state index contributed by atoms with van der Waals surface area (Å²) in [5.41, 5.74) is 2.54. The zero-order valence-electron chi connectivity index (χ0n) is 28.9. The third kappa shape index (κ3) is 11.0. The molecule has 3 atom stereocenters. The maximum atomic E-state index is 13.9. The van der Waals surface area contributed by atoms with Crippen molar-refractivity contribution in [3.63, 3.8) is 0 Å². The fourth-order valence-electron chi connectivity index (χ4n) is 5.49.